The van der Waals surface area contributed by atoms with Crippen molar-refractivity contribution in [3.05, 3.63) is 65.2 Å². The lowest BCUT2D eigenvalue weighted by Crippen LogP contribution is -2.32. The predicted molar refractivity (Wildman–Crippen MR) is 104 cm³/mol. The summed E-state index contributed by atoms with van der Waals surface area (Å²) in [6.45, 7) is 0.728. The fraction of sp³-hybridized carbons (Fsp3) is 0.200. The van der Waals surface area contributed by atoms with Gasteiger partial charge in [0.2, 0.25) is 11.9 Å². The van der Waals surface area contributed by atoms with Crippen LogP contribution in [-0.4, -0.2) is 48.6 Å². The number of carbonyl (C=O) groups is 2. The van der Waals surface area contributed by atoms with Crippen molar-refractivity contribution in [3.8, 4) is 0 Å². The number of oxime groups is 1. The Labute approximate surface area is 161 Å². The number of benzene rings is 2. The number of carbonyl (C=O) groups excluding carboxylic acids is 2. The number of aliphatic imine (C=N–C) groups is 1. The van der Waals surface area contributed by atoms with Crippen LogP contribution < -0.4 is 10.6 Å². The number of guanidine groups is 1. The topological polar surface area (TPSA) is 95.4 Å². The first kappa shape index (κ1) is 17.7. The summed E-state index contributed by atoms with van der Waals surface area (Å²) in [7, 11) is 1.55. The van der Waals surface area contributed by atoms with Gasteiger partial charge in [-0.2, -0.15) is 0 Å². The van der Waals surface area contributed by atoms with E-state index in [-0.39, 0.29) is 18.4 Å². The van der Waals surface area contributed by atoms with Crippen molar-refractivity contribution >= 4 is 29.2 Å². The highest BCUT2D eigenvalue weighted by atomic mass is 16.6. The van der Waals surface area contributed by atoms with Crippen molar-refractivity contribution in [1.82, 2.24) is 15.5 Å². The smallest absolute Gasteiger partial charge is 0.260 e. The number of hydrogen-bond donors (Lipinski definition) is 2. The molecule has 2 aromatic carbocycles. The molecular formula is C20H19N5O3. The first-order valence-electron chi connectivity index (χ1n) is 8.87. The highest BCUT2D eigenvalue weighted by Gasteiger charge is 2.29. The molecule has 4 rings (SSSR count). The van der Waals surface area contributed by atoms with Crippen LogP contribution in [0.1, 0.15) is 16.7 Å². The van der Waals surface area contributed by atoms with E-state index in [1.807, 2.05) is 53.4 Å². The maximum Gasteiger partial charge on any atom is 0.260 e. The van der Waals surface area contributed by atoms with Crippen LogP contribution >= 0.6 is 0 Å². The number of hydrogen-bond acceptors (Lipinski definition) is 6. The largest absolute Gasteiger partial charge is 0.385 e. The second kappa shape index (κ2) is 7.51. The Morgan fingerprint density at radius 1 is 1.21 bits per heavy atom. The van der Waals surface area contributed by atoms with Gasteiger partial charge in [0.15, 0.2) is 6.61 Å². The predicted octanol–water partition coefficient (Wildman–Crippen LogP) is 1.13. The van der Waals surface area contributed by atoms with Gasteiger partial charge in [-0.1, -0.05) is 41.6 Å². The number of amides is 2. The highest BCUT2D eigenvalue weighted by Crippen LogP contribution is 2.29. The molecule has 1 saturated heterocycles. The third-order valence-corrected chi connectivity index (χ3v) is 4.50. The summed E-state index contributed by atoms with van der Waals surface area (Å²) in [5.74, 6) is 0.284. The molecule has 0 radical (unpaired) electrons. The van der Waals surface area contributed by atoms with E-state index in [2.05, 4.69) is 20.8 Å². The third kappa shape index (κ3) is 3.57. The van der Waals surface area contributed by atoms with Crippen molar-refractivity contribution in [2.45, 2.75) is 6.54 Å². The Kier molecular flexibility index (Phi) is 4.76. The highest BCUT2D eigenvalue weighted by molar-refractivity contribution is 6.13. The van der Waals surface area contributed by atoms with Crippen LogP contribution in [0, 0.1) is 0 Å². The van der Waals surface area contributed by atoms with Gasteiger partial charge in [0, 0.05) is 24.7 Å². The van der Waals surface area contributed by atoms with E-state index in [0.29, 0.717) is 24.8 Å². The van der Waals surface area contributed by atoms with E-state index >= 15 is 0 Å². The first-order chi connectivity index (χ1) is 13.6. The van der Waals surface area contributed by atoms with E-state index in [4.69, 9.17) is 4.84 Å². The van der Waals surface area contributed by atoms with Gasteiger partial charge in [-0.15, -0.1) is 0 Å². The molecule has 0 spiro atoms. The van der Waals surface area contributed by atoms with Gasteiger partial charge < -0.3 is 15.1 Å². The molecule has 0 aliphatic carbocycles. The van der Waals surface area contributed by atoms with Crippen molar-refractivity contribution in [2.24, 2.45) is 10.1 Å². The van der Waals surface area contributed by atoms with E-state index in [9.17, 15) is 9.59 Å². The molecular weight excluding hydrogens is 358 g/mol. The van der Waals surface area contributed by atoms with Gasteiger partial charge >= 0.3 is 0 Å². The standard InChI is InChI=1S/C20H19N5O3/c1-21-18(27)12-28-24-19(13-5-3-2-4-6-13)14-7-8-16-15(9-14)10-25-11-17(26)23-20(25)22-16/h2-9H,10-12H2,1H3,(H,21,27)(H,22,23,26)/b24-19+. The van der Waals surface area contributed by atoms with Crippen LogP contribution in [0.2, 0.25) is 0 Å². The summed E-state index contributed by atoms with van der Waals surface area (Å²) in [4.78, 5) is 34.7. The fourth-order valence-electron chi connectivity index (χ4n) is 3.10. The second-order valence-electron chi connectivity index (χ2n) is 6.44. The second-order valence-corrected chi connectivity index (χ2v) is 6.44. The Balaban J connectivity index is 1.66. The van der Waals surface area contributed by atoms with E-state index in [1.165, 1.54) is 0 Å². The molecule has 8 nitrogen and oxygen atoms in total. The summed E-state index contributed by atoms with van der Waals surface area (Å²) < 4.78 is 0. The van der Waals surface area contributed by atoms with Gasteiger partial charge in [-0.25, -0.2) is 4.99 Å². The molecule has 2 aromatic rings. The summed E-state index contributed by atoms with van der Waals surface area (Å²) in [6, 6.07) is 15.4. The molecule has 2 heterocycles. The maximum atomic E-state index is 11.6. The summed E-state index contributed by atoms with van der Waals surface area (Å²) >= 11 is 0. The zero-order valence-electron chi connectivity index (χ0n) is 15.3. The van der Waals surface area contributed by atoms with Crippen LogP contribution in [0.25, 0.3) is 0 Å². The molecule has 2 aliphatic heterocycles. The Morgan fingerprint density at radius 3 is 2.82 bits per heavy atom. The lowest BCUT2D eigenvalue weighted by molar-refractivity contribution is -0.125. The Morgan fingerprint density at radius 2 is 2.04 bits per heavy atom. The number of fused-ring (bicyclic) bond motifs is 2. The van der Waals surface area contributed by atoms with Crippen LogP contribution in [0.3, 0.4) is 0 Å². The molecule has 1 fully saturated rings. The maximum absolute atomic E-state index is 11.6. The molecule has 8 heteroatoms. The van der Waals surface area contributed by atoms with Crippen LogP contribution in [0.4, 0.5) is 5.69 Å². The minimum Gasteiger partial charge on any atom is -0.385 e. The summed E-state index contributed by atoms with van der Waals surface area (Å²) in [5.41, 5.74) is 4.15. The van der Waals surface area contributed by atoms with Crippen LogP contribution in [0.5, 0.6) is 0 Å². The van der Waals surface area contributed by atoms with Gasteiger partial charge in [0.1, 0.15) is 12.3 Å². The lowest BCUT2D eigenvalue weighted by Gasteiger charge is -2.23. The Bertz CT molecular complexity index is 985. The minimum atomic E-state index is -0.255. The molecule has 0 atom stereocenters. The average Bonchev–Trinajstić information content (AvgIpc) is 3.08. The van der Waals surface area contributed by atoms with E-state index in [1.54, 1.807) is 7.05 Å². The molecule has 2 amide bonds. The lowest BCUT2D eigenvalue weighted by atomic mass is 9.99. The monoisotopic (exact) mass is 377 g/mol. The van der Waals surface area contributed by atoms with Crippen molar-refractivity contribution < 1.29 is 14.4 Å². The van der Waals surface area contributed by atoms with Gasteiger partial charge in [-0.3, -0.25) is 14.9 Å². The van der Waals surface area contributed by atoms with Crippen LogP contribution in [0.15, 0.2) is 58.7 Å². The normalized spacial score (nSPS) is 15.3. The Hall–Kier alpha value is -3.68. The van der Waals surface area contributed by atoms with Gasteiger partial charge in [0.25, 0.3) is 5.91 Å². The zero-order valence-corrected chi connectivity index (χ0v) is 15.3. The first-order valence-corrected chi connectivity index (χ1v) is 8.87. The molecule has 142 valence electrons. The van der Waals surface area contributed by atoms with Crippen molar-refractivity contribution in [3.63, 3.8) is 0 Å². The van der Waals surface area contributed by atoms with Crippen molar-refractivity contribution in [1.29, 1.82) is 0 Å². The quantitative estimate of drug-likeness (QED) is 0.603. The minimum absolute atomic E-state index is 0.0547. The van der Waals surface area contributed by atoms with Crippen molar-refractivity contribution in [2.75, 3.05) is 20.2 Å². The number of likely N-dealkylation sites (N-methyl/N-ethyl adjacent to an activating group) is 1. The van der Waals surface area contributed by atoms with Crippen LogP contribution in [-0.2, 0) is 21.0 Å². The molecule has 0 bridgehead atoms. The molecule has 2 N–H and O–H groups in total. The molecule has 2 aliphatic rings. The zero-order chi connectivity index (χ0) is 19.5. The summed E-state index contributed by atoms with van der Waals surface area (Å²) in [6.07, 6.45) is 0. The van der Waals surface area contributed by atoms with E-state index < -0.39 is 0 Å². The third-order valence-electron chi connectivity index (χ3n) is 4.50. The fourth-order valence-corrected chi connectivity index (χ4v) is 3.10. The molecule has 0 unspecified atom stereocenters. The number of nitrogens with zero attached hydrogens (tertiary/aromatic N) is 3. The van der Waals surface area contributed by atoms with Gasteiger partial charge in [-0.05, 0) is 17.7 Å². The van der Waals surface area contributed by atoms with Gasteiger partial charge in [0.05, 0.1) is 5.69 Å². The molecule has 0 aromatic heterocycles. The average molecular weight is 377 g/mol. The molecule has 28 heavy (non-hydrogen) atoms. The number of nitrogens with one attached hydrogen (secondary N) is 2. The van der Waals surface area contributed by atoms with E-state index in [0.717, 1.165) is 22.4 Å². The number of rotatable bonds is 5. The molecule has 0 saturated carbocycles. The SMILES string of the molecule is CNC(=O)CO/N=C(\c1ccccc1)c1ccc2c(c1)CN1CC(=O)NC1=N2. The summed E-state index contributed by atoms with van der Waals surface area (Å²) in [5, 5.41) is 9.48.